The van der Waals surface area contributed by atoms with E-state index in [9.17, 15) is 33.9 Å². The number of imide groups is 2. The highest BCUT2D eigenvalue weighted by molar-refractivity contribution is 6.23. The van der Waals surface area contributed by atoms with Crippen LogP contribution in [0.2, 0.25) is 0 Å². The van der Waals surface area contributed by atoms with Gasteiger partial charge in [-0.3, -0.25) is 48.8 Å². The number of hydrogen-bond acceptors (Lipinski definition) is 13. The molecule has 5 atom stereocenters. The first-order chi connectivity index (χ1) is 36.8. The van der Waals surface area contributed by atoms with Crippen molar-refractivity contribution < 1.29 is 29.1 Å². The highest BCUT2D eigenvalue weighted by Gasteiger charge is 2.60. The molecule has 18 nitrogen and oxygen atoms in total. The number of aromatic nitrogens is 4. The molecule has 18 heteroatoms. The van der Waals surface area contributed by atoms with Crippen LogP contribution in [0.5, 0.6) is 0 Å². The van der Waals surface area contributed by atoms with Gasteiger partial charge in [0.1, 0.15) is 29.1 Å². The van der Waals surface area contributed by atoms with Crippen molar-refractivity contribution in [1.82, 2.24) is 34.2 Å². The number of nitrogens with one attached hydrogen (secondary N) is 2. The van der Waals surface area contributed by atoms with Crippen LogP contribution in [-0.2, 0) is 42.6 Å². The first-order valence-electron chi connectivity index (χ1n) is 27.5. The summed E-state index contributed by atoms with van der Waals surface area (Å²) in [6, 6.07) is 15.1. The molecule has 4 fully saturated rings. The Bertz CT molecular complexity index is 3340. The third-order valence-electron chi connectivity index (χ3n) is 18.1. The average Bonchev–Trinajstić information content (AvgIpc) is 3.94. The Hall–Kier alpha value is -7.18. The zero-order valence-electron chi connectivity index (χ0n) is 45.1. The number of benzene rings is 1. The van der Waals surface area contributed by atoms with E-state index in [2.05, 4.69) is 82.5 Å². The predicted molar refractivity (Wildman–Crippen MR) is 292 cm³/mol. The number of amides is 5. The van der Waals surface area contributed by atoms with E-state index in [1.807, 2.05) is 36.5 Å². The number of hydrogen-bond donors (Lipinski definition) is 3. The summed E-state index contributed by atoms with van der Waals surface area (Å²) in [4.78, 5) is 99.3. The number of nitrogens with zero attached hydrogens (tertiary/aromatic N) is 9. The highest BCUT2D eigenvalue weighted by atomic mass is 16.3. The topological polar surface area (TPSA) is 199 Å². The van der Waals surface area contributed by atoms with Crippen LogP contribution in [0.3, 0.4) is 0 Å². The minimum absolute atomic E-state index is 0.0793. The fraction of sp³-hybridized carbons (Fsp3) is 0.492. The van der Waals surface area contributed by atoms with Gasteiger partial charge in [-0.25, -0.2) is 9.97 Å². The van der Waals surface area contributed by atoms with Crippen molar-refractivity contribution >= 4 is 58.2 Å². The van der Waals surface area contributed by atoms with Gasteiger partial charge in [-0.05, 0) is 121 Å². The van der Waals surface area contributed by atoms with Gasteiger partial charge in [0.25, 0.3) is 23.3 Å². The second-order valence-corrected chi connectivity index (χ2v) is 24.2. The van der Waals surface area contributed by atoms with Gasteiger partial charge in [-0.2, -0.15) is 0 Å². The molecule has 1 saturated carbocycles. The summed E-state index contributed by atoms with van der Waals surface area (Å²) in [7, 11) is 1.70. The third-order valence-corrected chi connectivity index (χ3v) is 18.1. The summed E-state index contributed by atoms with van der Waals surface area (Å²) in [5.41, 5.74) is 8.00. The van der Waals surface area contributed by atoms with E-state index in [0.29, 0.717) is 81.8 Å². The number of aliphatic hydroxyl groups excluding tert-OH is 1. The molecule has 1 aromatic carbocycles. The normalized spacial score (nSPS) is 25.0. The molecule has 3 unspecified atom stereocenters. The van der Waals surface area contributed by atoms with E-state index in [0.717, 1.165) is 74.6 Å². The van der Waals surface area contributed by atoms with Gasteiger partial charge in [-0.15, -0.1) is 0 Å². The second kappa shape index (κ2) is 18.8. The molecular weight excluding hydrogens is 975 g/mol. The minimum Gasteiger partial charge on any atom is -0.392 e. The molecule has 7 aliphatic rings. The molecule has 77 heavy (non-hydrogen) atoms. The summed E-state index contributed by atoms with van der Waals surface area (Å²) in [6.07, 6.45) is 10.6. The zero-order valence-corrected chi connectivity index (χ0v) is 45.1. The Labute approximate surface area is 448 Å². The smallest absolute Gasteiger partial charge is 0.276 e. The number of rotatable bonds is 11. The first kappa shape index (κ1) is 50.6. The molecule has 5 aromatic rings. The summed E-state index contributed by atoms with van der Waals surface area (Å²) >= 11 is 0. The Balaban J connectivity index is 0.708. The molecule has 0 radical (unpaired) electrons. The lowest BCUT2D eigenvalue weighted by Gasteiger charge is -2.47. The van der Waals surface area contributed by atoms with Crippen LogP contribution in [0.25, 0.3) is 11.1 Å². The maximum absolute atomic E-state index is 14.1. The molecule has 1 spiro atoms. The molecule has 9 heterocycles. The molecule has 4 aromatic heterocycles. The second-order valence-electron chi connectivity index (χ2n) is 24.2. The number of carbonyl (C=O) groups is 5. The number of piperazine rings is 1. The zero-order chi connectivity index (χ0) is 54.0. The van der Waals surface area contributed by atoms with Crippen LogP contribution in [0.1, 0.15) is 122 Å². The Kier molecular flexibility index (Phi) is 12.3. The molecule has 3 N–H and O–H groups in total. The number of aliphatic hydroxyl groups is 1. The van der Waals surface area contributed by atoms with Crippen molar-refractivity contribution in [3.63, 3.8) is 0 Å². The largest absolute Gasteiger partial charge is 0.392 e. The van der Waals surface area contributed by atoms with Crippen LogP contribution in [-0.4, -0.2) is 120 Å². The van der Waals surface area contributed by atoms with Crippen molar-refractivity contribution in [2.24, 2.45) is 29.7 Å². The van der Waals surface area contributed by atoms with E-state index in [4.69, 9.17) is 4.98 Å². The number of fused-ring (bicyclic) bond motifs is 4. The molecule has 2 aliphatic carbocycles. The molecular formula is C59H69N11O7. The van der Waals surface area contributed by atoms with Crippen LogP contribution in [0.4, 0.5) is 28.7 Å². The van der Waals surface area contributed by atoms with Gasteiger partial charge in [0.05, 0.1) is 29.6 Å². The van der Waals surface area contributed by atoms with E-state index in [1.54, 1.807) is 36.5 Å². The maximum Gasteiger partial charge on any atom is 0.276 e. The van der Waals surface area contributed by atoms with Crippen molar-refractivity contribution in [2.45, 2.75) is 124 Å². The third kappa shape index (κ3) is 8.62. The molecule has 12 rings (SSSR count). The van der Waals surface area contributed by atoms with Crippen molar-refractivity contribution in [3.05, 3.63) is 111 Å². The van der Waals surface area contributed by atoms with Crippen molar-refractivity contribution in [2.75, 3.05) is 52.7 Å². The molecule has 3 saturated heterocycles. The number of anilines is 5. The lowest BCUT2D eigenvalue weighted by atomic mass is 9.81. The van der Waals surface area contributed by atoms with Crippen LogP contribution in [0, 0.1) is 22.7 Å². The van der Waals surface area contributed by atoms with E-state index < -0.39 is 29.7 Å². The van der Waals surface area contributed by atoms with Crippen LogP contribution in [0.15, 0.2) is 71.9 Å². The van der Waals surface area contributed by atoms with E-state index in [1.165, 1.54) is 15.8 Å². The number of aryl methyl sites for hydroxylation is 1. The summed E-state index contributed by atoms with van der Waals surface area (Å²) in [5, 5.41) is 16.5. The quantitative estimate of drug-likeness (QED) is 0.125. The average molecular weight is 1040 g/mol. The summed E-state index contributed by atoms with van der Waals surface area (Å²) < 4.78 is 3.68. The fourth-order valence-electron chi connectivity index (χ4n) is 14.0. The Morgan fingerprint density at radius 2 is 1.56 bits per heavy atom. The van der Waals surface area contributed by atoms with Crippen molar-refractivity contribution in [3.8, 4) is 11.1 Å². The van der Waals surface area contributed by atoms with Gasteiger partial charge < -0.3 is 29.4 Å². The summed E-state index contributed by atoms with van der Waals surface area (Å²) in [6.45, 7) is 17.9. The Morgan fingerprint density at radius 1 is 0.792 bits per heavy atom. The van der Waals surface area contributed by atoms with Crippen LogP contribution < -0.4 is 30.9 Å². The number of carbonyl (C=O) groups excluding carboxylic acids is 5. The number of piperidine rings is 2. The monoisotopic (exact) mass is 1040 g/mol. The molecule has 5 amide bonds. The predicted octanol–water partition coefficient (Wildman–Crippen LogP) is 6.30. The van der Waals surface area contributed by atoms with E-state index >= 15 is 0 Å². The molecule has 5 aliphatic heterocycles. The van der Waals surface area contributed by atoms with Crippen molar-refractivity contribution in [1.29, 1.82) is 0 Å². The van der Waals surface area contributed by atoms with Gasteiger partial charge in [0.2, 0.25) is 11.8 Å². The summed E-state index contributed by atoms with van der Waals surface area (Å²) in [5.74, 6) is -0.469. The Morgan fingerprint density at radius 3 is 2.30 bits per heavy atom. The minimum atomic E-state index is -0.998. The maximum atomic E-state index is 14.1. The van der Waals surface area contributed by atoms with Crippen LogP contribution >= 0.6 is 0 Å². The van der Waals surface area contributed by atoms with Gasteiger partial charge in [-0.1, -0.05) is 41.5 Å². The fourth-order valence-corrected chi connectivity index (χ4v) is 14.0. The highest BCUT2D eigenvalue weighted by Crippen LogP contribution is 2.59. The lowest BCUT2D eigenvalue weighted by Crippen LogP contribution is -2.57. The standard InChI is InChI=1S/C59H69N11O7/c1-33(2)46-27-59(15-17-66(46)37-8-10-40-41(24-37)55(75)70(54(40)74)44-11-13-51(72)63-53(44)73)28-49(59)65-18-19-67(48(31-65)34(3)4)38-9-12-50(61-29-38)62-43-22-36(30-64(7)56(43)76)39-14-16-60-52(42(39)32-71)69-21-20-68-45(57(69)77)23-35-25-58(5,6)26-47(35)68/h8-10,12,14,16,22-24,29-30,33-34,44,46,48-49,71H,11,13,15,17-21,25-28,31-32H2,1-7H3,(H,61,62)(H,63,72,73)/t44?,46?,48-,49+,59?/m1/s1. The van der Waals surface area contributed by atoms with Gasteiger partial charge >= 0.3 is 0 Å². The lowest BCUT2D eigenvalue weighted by molar-refractivity contribution is -0.136. The first-order valence-corrected chi connectivity index (χ1v) is 27.5. The number of pyridine rings is 3. The van der Waals surface area contributed by atoms with Gasteiger partial charge in [0, 0.05) is 106 Å². The molecule has 402 valence electrons. The van der Waals surface area contributed by atoms with Gasteiger partial charge in [0.15, 0.2) is 0 Å². The SMILES string of the molecule is CC(C)C1CC2(CCN1c1ccc3c(c1)C(=O)N(C1CCC(=O)NC1=O)C3=O)C[C@@H]2N1CCN(c2ccc(Nc3cc(-c4ccnc(N5CCn6c(cc7c6CC(C)(C)C7)C5=O)c4CO)cn(C)c3=O)nc2)[C@@H](C(C)C)C1. The van der Waals surface area contributed by atoms with E-state index in [-0.39, 0.29) is 53.8 Å². The molecule has 0 bridgehead atoms.